The van der Waals surface area contributed by atoms with E-state index in [0.29, 0.717) is 29.2 Å². The van der Waals surface area contributed by atoms with Gasteiger partial charge in [0.2, 0.25) is 0 Å². The maximum Gasteiger partial charge on any atom is 0.415 e. The summed E-state index contributed by atoms with van der Waals surface area (Å²) in [6.07, 6.45) is 1.25. The second kappa shape index (κ2) is 9.01. The van der Waals surface area contributed by atoms with Crippen LogP contribution in [0.5, 0.6) is 0 Å². The molecule has 5 rings (SSSR count). The average Bonchev–Trinajstić information content (AvgIpc) is 3.14. The Hall–Kier alpha value is -2.96. The van der Waals surface area contributed by atoms with Crippen molar-refractivity contribution in [3.05, 3.63) is 88.4 Å². The fraction of sp³-hybridized carbons (Fsp3) is 0.296. The van der Waals surface area contributed by atoms with Gasteiger partial charge in [0.1, 0.15) is 5.60 Å². The van der Waals surface area contributed by atoms with Crippen LogP contribution in [0.4, 0.5) is 19.3 Å². The van der Waals surface area contributed by atoms with Crippen LogP contribution in [0.15, 0.2) is 60.7 Å². The zero-order chi connectivity index (χ0) is 23.9. The van der Waals surface area contributed by atoms with Crippen molar-refractivity contribution in [2.24, 2.45) is 0 Å². The van der Waals surface area contributed by atoms with E-state index in [9.17, 15) is 13.6 Å². The number of aryl methyl sites for hydroxylation is 1. The van der Waals surface area contributed by atoms with Gasteiger partial charge in [0.25, 0.3) is 0 Å². The molecule has 2 aliphatic rings. The fourth-order valence-electron chi connectivity index (χ4n) is 4.99. The first-order valence-corrected chi connectivity index (χ1v) is 11.7. The molecule has 1 spiro atoms. The van der Waals surface area contributed by atoms with E-state index in [1.165, 1.54) is 12.1 Å². The molecule has 1 amide bonds. The van der Waals surface area contributed by atoms with Crippen molar-refractivity contribution in [2.45, 2.75) is 31.9 Å². The summed E-state index contributed by atoms with van der Waals surface area (Å²) in [6.45, 7) is 4.81. The van der Waals surface area contributed by atoms with E-state index in [0.717, 1.165) is 48.8 Å². The summed E-state index contributed by atoms with van der Waals surface area (Å²) < 4.78 is 32.9. The number of halogens is 3. The highest BCUT2D eigenvalue weighted by atomic mass is 35.5. The molecule has 2 heterocycles. The van der Waals surface area contributed by atoms with E-state index >= 15 is 0 Å². The Morgan fingerprint density at radius 3 is 2.41 bits per heavy atom. The Kier molecular flexibility index (Phi) is 6.04. The van der Waals surface area contributed by atoms with Gasteiger partial charge in [-0.3, -0.25) is 9.80 Å². The minimum Gasteiger partial charge on any atom is -0.441 e. The Bertz CT molecular complexity index is 1200. The van der Waals surface area contributed by atoms with Gasteiger partial charge in [-0.2, -0.15) is 0 Å². The summed E-state index contributed by atoms with van der Waals surface area (Å²) in [5.74, 6) is -1.77. The maximum absolute atomic E-state index is 13.7. The summed E-state index contributed by atoms with van der Waals surface area (Å²) in [5.41, 5.74) is 3.63. The van der Waals surface area contributed by atoms with Crippen molar-refractivity contribution in [1.29, 1.82) is 0 Å². The summed E-state index contributed by atoms with van der Waals surface area (Å²) >= 11 is 6.57. The lowest BCUT2D eigenvalue weighted by atomic mass is 9.90. The monoisotopic (exact) mass is 482 g/mol. The topological polar surface area (TPSA) is 32.8 Å². The Labute approximate surface area is 202 Å². The second-order valence-electron chi connectivity index (χ2n) is 9.15. The first kappa shape index (κ1) is 22.8. The maximum atomic E-state index is 13.7. The first-order valence-electron chi connectivity index (χ1n) is 11.4. The minimum absolute atomic E-state index is 0.283. The number of benzene rings is 3. The Morgan fingerprint density at radius 1 is 1.00 bits per heavy atom. The normalized spacial score (nSPS) is 17.9. The summed E-state index contributed by atoms with van der Waals surface area (Å²) in [7, 11) is 0. The van der Waals surface area contributed by atoms with E-state index in [1.54, 1.807) is 4.90 Å². The average molecular weight is 483 g/mol. The van der Waals surface area contributed by atoms with Crippen LogP contribution in [0.2, 0.25) is 5.02 Å². The third kappa shape index (κ3) is 4.40. The van der Waals surface area contributed by atoms with E-state index in [1.807, 2.05) is 49.4 Å². The lowest BCUT2D eigenvalue weighted by Crippen LogP contribution is -2.46. The van der Waals surface area contributed by atoms with Crippen molar-refractivity contribution in [3.8, 4) is 11.1 Å². The predicted molar refractivity (Wildman–Crippen MR) is 129 cm³/mol. The van der Waals surface area contributed by atoms with Gasteiger partial charge < -0.3 is 4.74 Å². The molecule has 0 aliphatic carbocycles. The van der Waals surface area contributed by atoms with Gasteiger partial charge >= 0.3 is 6.09 Å². The molecule has 2 saturated heterocycles. The summed E-state index contributed by atoms with van der Waals surface area (Å²) in [5, 5.41) is 0.512. The van der Waals surface area contributed by atoms with E-state index in [2.05, 4.69) is 4.90 Å². The Morgan fingerprint density at radius 2 is 1.74 bits per heavy atom. The molecule has 3 aromatic rings. The molecular weight excluding hydrogens is 458 g/mol. The van der Waals surface area contributed by atoms with Crippen molar-refractivity contribution in [3.63, 3.8) is 0 Å². The molecule has 0 atom stereocenters. The van der Waals surface area contributed by atoms with Crippen molar-refractivity contribution < 1.29 is 18.3 Å². The fourth-order valence-corrected chi connectivity index (χ4v) is 5.39. The smallest absolute Gasteiger partial charge is 0.415 e. The van der Waals surface area contributed by atoms with Crippen LogP contribution in [-0.4, -0.2) is 36.2 Å². The number of carbonyl (C=O) groups excluding carboxylic acids is 1. The molecular formula is C27H25ClF2N2O2. The molecule has 4 nitrogen and oxygen atoms in total. The largest absolute Gasteiger partial charge is 0.441 e. The van der Waals surface area contributed by atoms with Gasteiger partial charge in [-0.25, -0.2) is 13.6 Å². The van der Waals surface area contributed by atoms with Gasteiger partial charge in [0.05, 0.1) is 6.54 Å². The van der Waals surface area contributed by atoms with Crippen LogP contribution in [0.1, 0.15) is 24.0 Å². The van der Waals surface area contributed by atoms with Gasteiger partial charge in [-0.15, -0.1) is 0 Å². The molecule has 0 saturated carbocycles. The predicted octanol–water partition coefficient (Wildman–Crippen LogP) is 6.59. The third-order valence-corrected chi connectivity index (χ3v) is 7.07. The lowest BCUT2D eigenvalue weighted by Gasteiger charge is -2.37. The molecule has 0 aromatic heterocycles. The number of anilines is 1. The highest BCUT2D eigenvalue weighted by Gasteiger charge is 2.47. The SMILES string of the molecule is Cc1cc(CN2CCC3(CC2)CN(c2ccccc2)C(=O)O3)cc(Cl)c1-c1ccc(F)c(F)c1. The number of likely N-dealkylation sites (tertiary alicyclic amines) is 1. The quantitative estimate of drug-likeness (QED) is 0.421. The van der Waals surface area contributed by atoms with Gasteiger partial charge in [-0.05, 0) is 53.9 Å². The number of ether oxygens (including phenoxy) is 1. The molecule has 2 aliphatic heterocycles. The lowest BCUT2D eigenvalue weighted by molar-refractivity contribution is -0.000975. The highest BCUT2D eigenvalue weighted by Crippen LogP contribution is 2.37. The summed E-state index contributed by atoms with van der Waals surface area (Å²) in [4.78, 5) is 16.6. The van der Waals surface area contributed by atoms with Gasteiger partial charge in [0, 0.05) is 48.7 Å². The summed E-state index contributed by atoms with van der Waals surface area (Å²) in [6, 6.07) is 17.4. The molecule has 0 N–H and O–H groups in total. The number of amides is 1. The zero-order valence-corrected chi connectivity index (χ0v) is 19.6. The zero-order valence-electron chi connectivity index (χ0n) is 18.9. The standard InChI is InChI=1S/C27H25ClF2N2O2/c1-18-13-19(14-22(28)25(18)20-7-8-23(29)24(30)15-20)16-31-11-9-27(10-12-31)17-32(26(33)34-27)21-5-3-2-4-6-21/h2-8,13-15H,9-12,16-17H2,1H3. The van der Waals surface area contributed by atoms with Crippen LogP contribution in [-0.2, 0) is 11.3 Å². The van der Waals surface area contributed by atoms with Gasteiger partial charge in [-0.1, -0.05) is 41.9 Å². The molecule has 2 fully saturated rings. The van der Waals surface area contributed by atoms with Crippen LogP contribution >= 0.6 is 11.6 Å². The molecule has 0 radical (unpaired) electrons. The number of hydrogen-bond donors (Lipinski definition) is 0. The number of hydrogen-bond acceptors (Lipinski definition) is 3. The van der Waals surface area contributed by atoms with Crippen LogP contribution < -0.4 is 4.90 Å². The van der Waals surface area contributed by atoms with Crippen molar-refractivity contribution >= 4 is 23.4 Å². The molecule has 34 heavy (non-hydrogen) atoms. The number of carbonyl (C=O) groups is 1. The number of nitrogens with zero attached hydrogens (tertiary/aromatic N) is 2. The molecule has 176 valence electrons. The molecule has 3 aromatic carbocycles. The van der Waals surface area contributed by atoms with E-state index < -0.39 is 17.2 Å². The van der Waals surface area contributed by atoms with Gasteiger partial charge in [0.15, 0.2) is 11.6 Å². The van der Waals surface area contributed by atoms with Crippen LogP contribution in [0.3, 0.4) is 0 Å². The number of piperidine rings is 1. The van der Waals surface area contributed by atoms with Crippen LogP contribution in [0, 0.1) is 18.6 Å². The number of para-hydroxylation sites is 1. The second-order valence-corrected chi connectivity index (χ2v) is 9.55. The molecule has 0 bridgehead atoms. The van der Waals surface area contributed by atoms with Crippen molar-refractivity contribution in [1.82, 2.24) is 4.90 Å². The number of rotatable bonds is 4. The highest BCUT2D eigenvalue weighted by molar-refractivity contribution is 6.33. The molecule has 0 unspecified atom stereocenters. The van der Waals surface area contributed by atoms with Crippen molar-refractivity contribution in [2.75, 3.05) is 24.5 Å². The third-order valence-electron chi connectivity index (χ3n) is 6.77. The minimum atomic E-state index is -0.891. The first-order chi connectivity index (χ1) is 16.3. The van der Waals surface area contributed by atoms with E-state index in [4.69, 9.17) is 16.3 Å². The Balaban J connectivity index is 1.25. The van der Waals surface area contributed by atoms with Crippen LogP contribution in [0.25, 0.3) is 11.1 Å². The van der Waals surface area contributed by atoms with E-state index in [-0.39, 0.29) is 6.09 Å². The molecule has 7 heteroatoms.